The van der Waals surface area contributed by atoms with E-state index in [-0.39, 0.29) is 6.73 Å². The molecule has 0 unspecified atom stereocenters. The van der Waals surface area contributed by atoms with E-state index in [0.717, 1.165) is 4.90 Å². The largest absolute Gasteiger partial charge is 0.444 e. The molecule has 0 atom stereocenters. The number of imide groups is 1. The molecule has 70 valence electrons. The van der Waals surface area contributed by atoms with Crippen molar-refractivity contribution in [2.75, 3.05) is 6.73 Å². The molecule has 5 heteroatoms. The van der Waals surface area contributed by atoms with Crippen LogP contribution in [0.15, 0.2) is 11.6 Å². The van der Waals surface area contributed by atoms with Gasteiger partial charge in [0.05, 0.1) is 0 Å². The van der Waals surface area contributed by atoms with Crippen molar-refractivity contribution in [2.45, 2.75) is 13.8 Å². The van der Waals surface area contributed by atoms with Crippen LogP contribution in [0.3, 0.4) is 0 Å². The molecule has 0 aromatic heterocycles. The monoisotopic (exact) mass is 183 g/mol. The molecule has 1 heterocycles. The van der Waals surface area contributed by atoms with E-state index >= 15 is 0 Å². The average Bonchev–Trinajstić information content (AvgIpc) is 2.24. The van der Waals surface area contributed by atoms with Crippen LogP contribution in [0.4, 0.5) is 0 Å². The van der Waals surface area contributed by atoms with Crippen LogP contribution >= 0.6 is 0 Å². The predicted octanol–water partition coefficient (Wildman–Crippen LogP) is -0.178. The fourth-order valence-corrected chi connectivity index (χ4v) is 0.916. The van der Waals surface area contributed by atoms with Crippen LogP contribution in [0, 0.1) is 0 Å². The van der Waals surface area contributed by atoms with Gasteiger partial charge in [-0.1, -0.05) is 0 Å². The maximum absolute atomic E-state index is 11.2. The van der Waals surface area contributed by atoms with Crippen molar-refractivity contribution < 1.29 is 19.1 Å². The first-order valence-electron chi connectivity index (χ1n) is 3.70. The Labute approximate surface area is 75.0 Å². The van der Waals surface area contributed by atoms with Crippen molar-refractivity contribution in [1.29, 1.82) is 0 Å². The molecule has 2 amide bonds. The highest BCUT2D eigenvalue weighted by molar-refractivity contribution is 6.15. The van der Waals surface area contributed by atoms with Gasteiger partial charge in [0, 0.05) is 18.6 Å². The van der Waals surface area contributed by atoms with Crippen LogP contribution in [0.25, 0.3) is 0 Å². The van der Waals surface area contributed by atoms with Gasteiger partial charge in [-0.2, -0.15) is 0 Å². The standard InChI is InChI=1S/C8H9NO4/c1-5-3-7(11)9(8(5)12)4-13-6(2)10/h3H,4H2,1-2H3. The lowest BCUT2D eigenvalue weighted by Gasteiger charge is -2.12. The van der Waals surface area contributed by atoms with Gasteiger partial charge in [-0.15, -0.1) is 0 Å². The van der Waals surface area contributed by atoms with E-state index in [1.807, 2.05) is 0 Å². The van der Waals surface area contributed by atoms with E-state index in [1.165, 1.54) is 19.9 Å². The molecule has 0 aromatic carbocycles. The number of carbonyl (C=O) groups excluding carboxylic acids is 3. The maximum Gasteiger partial charge on any atom is 0.304 e. The molecule has 0 aromatic rings. The molecular weight excluding hydrogens is 174 g/mol. The van der Waals surface area contributed by atoms with Gasteiger partial charge in [-0.25, -0.2) is 4.90 Å². The number of ether oxygens (including phenoxy) is 1. The molecule has 1 rings (SSSR count). The Hall–Kier alpha value is -1.65. The minimum absolute atomic E-state index is 0.305. The van der Waals surface area contributed by atoms with Crippen LogP contribution in [-0.4, -0.2) is 29.4 Å². The molecule has 5 nitrogen and oxygen atoms in total. The summed E-state index contributed by atoms with van der Waals surface area (Å²) in [5.41, 5.74) is 0.358. The summed E-state index contributed by atoms with van der Waals surface area (Å²) in [7, 11) is 0. The number of rotatable bonds is 2. The second kappa shape index (κ2) is 3.38. The van der Waals surface area contributed by atoms with Crippen LogP contribution in [0.1, 0.15) is 13.8 Å². The molecule has 0 N–H and O–H groups in total. The number of hydrogen-bond acceptors (Lipinski definition) is 4. The van der Waals surface area contributed by atoms with E-state index in [4.69, 9.17) is 0 Å². The van der Waals surface area contributed by atoms with E-state index < -0.39 is 17.8 Å². The second-order valence-electron chi connectivity index (χ2n) is 2.66. The third-order valence-corrected chi connectivity index (χ3v) is 1.59. The number of carbonyl (C=O) groups is 3. The van der Waals surface area contributed by atoms with Gasteiger partial charge in [-0.3, -0.25) is 14.4 Å². The molecule has 0 radical (unpaired) electrons. The maximum atomic E-state index is 11.2. The predicted molar refractivity (Wildman–Crippen MR) is 42.2 cm³/mol. The zero-order chi connectivity index (χ0) is 10.0. The van der Waals surface area contributed by atoms with E-state index in [2.05, 4.69) is 4.74 Å². The summed E-state index contributed by atoms with van der Waals surface area (Å²) in [6.45, 7) is 2.44. The number of esters is 1. The SMILES string of the molecule is CC(=O)OCN1C(=O)C=C(C)C1=O. The van der Waals surface area contributed by atoms with Crippen LogP contribution in [-0.2, 0) is 19.1 Å². The smallest absolute Gasteiger partial charge is 0.304 e. The minimum atomic E-state index is -0.523. The molecule has 0 bridgehead atoms. The van der Waals surface area contributed by atoms with Crippen molar-refractivity contribution in [3.63, 3.8) is 0 Å². The highest BCUT2D eigenvalue weighted by Gasteiger charge is 2.28. The Morgan fingerprint density at radius 1 is 1.54 bits per heavy atom. The molecule has 0 saturated carbocycles. The minimum Gasteiger partial charge on any atom is -0.444 e. The van der Waals surface area contributed by atoms with Crippen LogP contribution < -0.4 is 0 Å². The lowest BCUT2D eigenvalue weighted by molar-refractivity contribution is -0.153. The van der Waals surface area contributed by atoms with Gasteiger partial charge in [0.15, 0.2) is 6.73 Å². The van der Waals surface area contributed by atoms with Gasteiger partial charge in [0.2, 0.25) is 0 Å². The number of amides is 2. The quantitative estimate of drug-likeness (QED) is 0.440. The van der Waals surface area contributed by atoms with E-state index in [9.17, 15) is 14.4 Å². The normalized spacial score (nSPS) is 16.2. The van der Waals surface area contributed by atoms with Gasteiger partial charge in [-0.05, 0) is 6.92 Å². The van der Waals surface area contributed by atoms with Gasteiger partial charge in [0.25, 0.3) is 11.8 Å². The summed E-state index contributed by atoms with van der Waals surface area (Å²) in [6, 6.07) is 0. The highest BCUT2D eigenvalue weighted by atomic mass is 16.5. The topological polar surface area (TPSA) is 63.7 Å². The molecular formula is C8H9NO4. The lowest BCUT2D eigenvalue weighted by Crippen LogP contribution is -2.33. The Balaban J connectivity index is 2.59. The highest BCUT2D eigenvalue weighted by Crippen LogP contribution is 2.11. The molecule has 1 aliphatic heterocycles. The molecule has 0 saturated heterocycles. The first-order valence-corrected chi connectivity index (χ1v) is 3.70. The van der Waals surface area contributed by atoms with Gasteiger partial charge >= 0.3 is 5.97 Å². The van der Waals surface area contributed by atoms with Crippen molar-refractivity contribution in [3.8, 4) is 0 Å². The summed E-state index contributed by atoms with van der Waals surface area (Å²) in [6.07, 6.45) is 1.21. The van der Waals surface area contributed by atoms with Crippen molar-refractivity contribution in [2.24, 2.45) is 0 Å². The van der Waals surface area contributed by atoms with Crippen molar-refractivity contribution in [3.05, 3.63) is 11.6 Å². The summed E-state index contributed by atoms with van der Waals surface area (Å²) in [4.78, 5) is 33.5. The summed E-state index contributed by atoms with van der Waals surface area (Å²) in [5.74, 6) is -1.37. The number of hydrogen-bond donors (Lipinski definition) is 0. The molecule has 0 aliphatic carbocycles. The summed E-state index contributed by atoms with van der Waals surface area (Å²) in [5, 5.41) is 0. The van der Waals surface area contributed by atoms with E-state index in [1.54, 1.807) is 0 Å². The first-order chi connectivity index (χ1) is 6.02. The Bertz CT molecular complexity index is 305. The zero-order valence-electron chi connectivity index (χ0n) is 7.36. The molecule has 13 heavy (non-hydrogen) atoms. The third kappa shape index (κ3) is 1.93. The van der Waals surface area contributed by atoms with Crippen molar-refractivity contribution in [1.82, 2.24) is 4.90 Å². The fraction of sp³-hybridized carbons (Fsp3) is 0.375. The van der Waals surface area contributed by atoms with Gasteiger partial charge < -0.3 is 4.74 Å². The number of nitrogens with zero attached hydrogens (tertiary/aromatic N) is 1. The molecule has 0 fully saturated rings. The first kappa shape index (κ1) is 9.44. The molecule has 0 spiro atoms. The Kier molecular flexibility index (Phi) is 2.46. The van der Waals surface area contributed by atoms with Crippen LogP contribution in [0.5, 0.6) is 0 Å². The van der Waals surface area contributed by atoms with Crippen LogP contribution in [0.2, 0.25) is 0 Å². The summed E-state index contributed by atoms with van der Waals surface area (Å²) >= 11 is 0. The second-order valence-corrected chi connectivity index (χ2v) is 2.66. The molecule has 1 aliphatic rings. The fourth-order valence-electron chi connectivity index (χ4n) is 0.916. The van der Waals surface area contributed by atoms with E-state index in [0.29, 0.717) is 5.57 Å². The lowest BCUT2D eigenvalue weighted by atomic mass is 10.3. The third-order valence-electron chi connectivity index (χ3n) is 1.59. The van der Waals surface area contributed by atoms with Gasteiger partial charge in [0.1, 0.15) is 0 Å². The van der Waals surface area contributed by atoms with Crippen molar-refractivity contribution >= 4 is 17.8 Å². The summed E-state index contributed by atoms with van der Waals surface area (Å²) < 4.78 is 4.53. The Morgan fingerprint density at radius 3 is 2.54 bits per heavy atom. The average molecular weight is 183 g/mol. The zero-order valence-corrected chi connectivity index (χ0v) is 7.36. The Morgan fingerprint density at radius 2 is 2.15 bits per heavy atom.